The summed E-state index contributed by atoms with van der Waals surface area (Å²) < 4.78 is 21.1. The molecule has 2 aliphatic heterocycles. The molecule has 0 saturated carbocycles. The fourth-order valence-corrected chi connectivity index (χ4v) is 5.94. The van der Waals surface area contributed by atoms with Gasteiger partial charge in [0, 0.05) is 61.2 Å². The van der Waals surface area contributed by atoms with Crippen LogP contribution in [0.5, 0.6) is 0 Å². The maximum absolute atomic E-state index is 12.9. The van der Waals surface area contributed by atoms with Gasteiger partial charge in [-0.05, 0) is 55.6 Å². The summed E-state index contributed by atoms with van der Waals surface area (Å²) in [5.74, 6) is 0.916. The molecule has 5 heterocycles. The second-order valence-corrected chi connectivity index (χ2v) is 12.1. The molecule has 0 aromatic carbocycles. The number of nitrogens with zero attached hydrogens (tertiary/aromatic N) is 6. The summed E-state index contributed by atoms with van der Waals surface area (Å²) >= 11 is 2.39. The predicted molar refractivity (Wildman–Crippen MR) is 121 cm³/mol. The van der Waals surface area contributed by atoms with Crippen molar-refractivity contribution in [3.8, 4) is 0 Å². The van der Waals surface area contributed by atoms with Crippen LogP contribution in [0.1, 0.15) is 45.3 Å². The van der Waals surface area contributed by atoms with E-state index in [2.05, 4.69) is 51.4 Å². The third-order valence-corrected chi connectivity index (χ3v) is 8.43. The standard InChI is InChI=1S/C20H26BrN7OS/c1-19(2,3)30(29)25-16-15-4-7-24-28(15)13-20(16)5-9-26(10-6-20)18-23-12-14(21)17-22-8-11-27(17)18/h4,7-8,11-12,16,25H,5-6,9-10,13H2,1-3H3/t16-,30?/m1/s1. The highest BCUT2D eigenvalue weighted by Gasteiger charge is 2.51. The molecule has 2 atom stereocenters. The third-order valence-electron chi connectivity index (χ3n) is 6.31. The number of hydrogen-bond acceptors (Lipinski definition) is 6. The number of nitrogens with one attached hydrogen (secondary N) is 1. The van der Waals surface area contributed by atoms with Gasteiger partial charge in [0.25, 0.3) is 0 Å². The first-order valence-corrected chi connectivity index (χ1v) is 12.2. The van der Waals surface area contributed by atoms with E-state index in [1.807, 2.05) is 43.8 Å². The van der Waals surface area contributed by atoms with Crippen LogP contribution in [0.3, 0.4) is 0 Å². The third kappa shape index (κ3) is 3.24. The Balaban J connectivity index is 1.40. The van der Waals surface area contributed by atoms with Crippen LogP contribution >= 0.6 is 15.9 Å². The molecule has 1 unspecified atom stereocenters. The van der Waals surface area contributed by atoms with Crippen molar-refractivity contribution in [1.29, 1.82) is 0 Å². The monoisotopic (exact) mass is 491 g/mol. The van der Waals surface area contributed by atoms with Crippen LogP contribution in [0.15, 0.2) is 35.3 Å². The number of fused-ring (bicyclic) bond motifs is 2. The molecule has 3 aromatic rings. The van der Waals surface area contributed by atoms with E-state index in [1.54, 1.807) is 6.20 Å². The predicted octanol–water partition coefficient (Wildman–Crippen LogP) is 3.08. The summed E-state index contributed by atoms with van der Waals surface area (Å²) in [6, 6.07) is 2.09. The lowest BCUT2D eigenvalue weighted by molar-refractivity contribution is 0.160. The zero-order chi connectivity index (χ0) is 21.1. The number of aromatic nitrogens is 5. The normalized spacial score (nSPS) is 22.0. The zero-order valence-corrected chi connectivity index (χ0v) is 19.8. The molecule has 8 nitrogen and oxygen atoms in total. The minimum Gasteiger partial charge on any atom is -0.598 e. The molecule has 0 amide bonds. The number of imidazole rings is 1. The first kappa shape index (κ1) is 20.3. The minimum atomic E-state index is -1.14. The molecule has 0 radical (unpaired) electrons. The van der Waals surface area contributed by atoms with Crippen LogP contribution in [0.25, 0.3) is 5.65 Å². The average molecular weight is 492 g/mol. The van der Waals surface area contributed by atoms with Crippen molar-refractivity contribution >= 4 is 38.9 Å². The van der Waals surface area contributed by atoms with Crippen LogP contribution in [-0.4, -0.2) is 46.5 Å². The Bertz CT molecular complexity index is 1070. The summed E-state index contributed by atoms with van der Waals surface area (Å²) in [5.41, 5.74) is 2.02. The van der Waals surface area contributed by atoms with Crippen molar-refractivity contribution in [3.63, 3.8) is 0 Å². The first-order chi connectivity index (χ1) is 14.3. The van der Waals surface area contributed by atoms with Gasteiger partial charge in [-0.25, -0.2) is 9.97 Å². The molecule has 0 aliphatic carbocycles. The molecule has 1 saturated heterocycles. The highest BCUT2D eigenvalue weighted by molar-refractivity contribution is 9.10. The van der Waals surface area contributed by atoms with E-state index in [9.17, 15) is 4.55 Å². The summed E-state index contributed by atoms with van der Waals surface area (Å²) in [4.78, 5) is 11.4. The number of anilines is 1. The molecule has 0 bridgehead atoms. The van der Waals surface area contributed by atoms with Gasteiger partial charge in [-0.3, -0.25) is 9.08 Å². The molecule has 10 heteroatoms. The summed E-state index contributed by atoms with van der Waals surface area (Å²) in [5, 5.41) is 4.52. The second-order valence-electron chi connectivity index (χ2n) is 9.22. The SMILES string of the molecule is CC(C)(C)[S+]([O-])N[C@@H]1c2ccnn2CC12CCN(c1ncc(Br)c3nccn13)CC2. The largest absolute Gasteiger partial charge is 0.598 e. The highest BCUT2D eigenvalue weighted by Crippen LogP contribution is 2.50. The maximum atomic E-state index is 12.9. The van der Waals surface area contributed by atoms with Gasteiger partial charge in [-0.2, -0.15) is 5.10 Å². The lowest BCUT2D eigenvalue weighted by atomic mass is 9.73. The zero-order valence-electron chi connectivity index (χ0n) is 17.4. The van der Waals surface area contributed by atoms with E-state index in [-0.39, 0.29) is 16.2 Å². The minimum absolute atomic E-state index is 0.00439. The Morgan fingerprint density at radius 1 is 1.23 bits per heavy atom. The summed E-state index contributed by atoms with van der Waals surface area (Å²) in [6.07, 6.45) is 9.37. The second kappa shape index (κ2) is 7.22. The van der Waals surface area contributed by atoms with Gasteiger partial charge < -0.3 is 9.45 Å². The fourth-order valence-electron chi connectivity index (χ4n) is 4.60. The Hall–Kier alpha value is -1.62. The van der Waals surface area contributed by atoms with Crippen LogP contribution in [0, 0.1) is 5.41 Å². The molecule has 5 rings (SSSR count). The van der Waals surface area contributed by atoms with Crippen molar-refractivity contribution in [2.75, 3.05) is 18.0 Å². The Morgan fingerprint density at radius 2 is 2.00 bits per heavy atom. The van der Waals surface area contributed by atoms with Gasteiger partial charge in [0.2, 0.25) is 5.95 Å². The van der Waals surface area contributed by atoms with Gasteiger partial charge in [0.05, 0.1) is 10.2 Å². The van der Waals surface area contributed by atoms with E-state index in [4.69, 9.17) is 0 Å². The van der Waals surface area contributed by atoms with Crippen LogP contribution < -0.4 is 9.62 Å². The van der Waals surface area contributed by atoms with Crippen molar-refractivity contribution in [3.05, 3.63) is 41.0 Å². The van der Waals surface area contributed by atoms with E-state index in [1.165, 1.54) is 0 Å². The lowest BCUT2D eigenvalue weighted by Crippen LogP contribution is -2.50. The van der Waals surface area contributed by atoms with Crippen LogP contribution in [-0.2, 0) is 17.9 Å². The fraction of sp³-hybridized carbons (Fsp3) is 0.550. The van der Waals surface area contributed by atoms with Crippen molar-refractivity contribution in [2.45, 2.75) is 50.9 Å². The Morgan fingerprint density at radius 3 is 2.73 bits per heavy atom. The first-order valence-electron chi connectivity index (χ1n) is 10.2. The van der Waals surface area contributed by atoms with E-state index in [0.29, 0.717) is 0 Å². The summed E-state index contributed by atoms with van der Waals surface area (Å²) in [7, 11) is 0. The highest BCUT2D eigenvalue weighted by atomic mass is 79.9. The van der Waals surface area contributed by atoms with Gasteiger partial charge in [0.15, 0.2) is 5.65 Å². The molecule has 2 aliphatic rings. The quantitative estimate of drug-likeness (QED) is 0.566. The van der Waals surface area contributed by atoms with Crippen molar-refractivity contribution < 1.29 is 4.55 Å². The molecule has 3 aromatic heterocycles. The molecular formula is C20H26BrN7OS. The van der Waals surface area contributed by atoms with Crippen LogP contribution in [0.2, 0.25) is 0 Å². The molecule has 1 spiro atoms. The van der Waals surface area contributed by atoms with E-state index >= 15 is 0 Å². The van der Waals surface area contributed by atoms with Gasteiger partial charge in [-0.15, -0.1) is 4.72 Å². The number of hydrogen-bond donors (Lipinski definition) is 1. The smallest absolute Gasteiger partial charge is 0.211 e. The number of piperidine rings is 1. The molecule has 1 fully saturated rings. The van der Waals surface area contributed by atoms with Crippen molar-refractivity contribution in [2.24, 2.45) is 5.41 Å². The van der Waals surface area contributed by atoms with E-state index < -0.39 is 11.4 Å². The van der Waals surface area contributed by atoms with E-state index in [0.717, 1.165) is 54.2 Å². The number of halogens is 1. The maximum Gasteiger partial charge on any atom is 0.211 e. The van der Waals surface area contributed by atoms with Gasteiger partial charge in [0.1, 0.15) is 10.8 Å². The van der Waals surface area contributed by atoms with Crippen LogP contribution in [0.4, 0.5) is 5.95 Å². The molecule has 30 heavy (non-hydrogen) atoms. The van der Waals surface area contributed by atoms with Crippen molar-refractivity contribution in [1.82, 2.24) is 28.9 Å². The Kier molecular flexibility index (Phi) is 4.88. The number of rotatable bonds is 3. The topological polar surface area (TPSA) is 86.3 Å². The summed E-state index contributed by atoms with van der Waals surface area (Å²) in [6.45, 7) is 8.64. The average Bonchev–Trinajstić information content (AvgIpc) is 3.40. The van der Waals surface area contributed by atoms with Gasteiger partial charge >= 0.3 is 0 Å². The lowest BCUT2D eigenvalue weighted by Gasteiger charge is -2.43. The Labute approximate surface area is 187 Å². The molecule has 160 valence electrons. The molecule has 1 N–H and O–H groups in total. The molecular weight excluding hydrogens is 466 g/mol. The van der Waals surface area contributed by atoms with Gasteiger partial charge in [-0.1, -0.05) is 0 Å².